The van der Waals surface area contributed by atoms with E-state index in [9.17, 15) is 5.11 Å². The van der Waals surface area contributed by atoms with Gasteiger partial charge in [0, 0.05) is 20.0 Å². The van der Waals surface area contributed by atoms with Gasteiger partial charge in [-0.25, -0.2) is 0 Å². The van der Waals surface area contributed by atoms with Gasteiger partial charge in [0.1, 0.15) is 5.82 Å². The molecule has 1 aliphatic rings. The second-order valence-corrected chi connectivity index (χ2v) is 4.65. The van der Waals surface area contributed by atoms with E-state index in [0.717, 1.165) is 18.7 Å². The van der Waals surface area contributed by atoms with Gasteiger partial charge in [0.2, 0.25) is 5.95 Å². The van der Waals surface area contributed by atoms with Crippen LogP contribution in [0.15, 0.2) is 0 Å². The molecule has 6 nitrogen and oxygen atoms in total. The van der Waals surface area contributed by atoms with Gasteiger partial charge in [-0.3, -0.25) is 5.10 Å². The van der Waals surface area contributed by atoms with Gasteiger partial charge in [0.25, 0.3) is 0 Å². The van der Waals surface area contributed by atoms with Crippen molar-refractivity contribution in [2.45, 2.75) is 24.9 Å². The van der Waals surface area contributed by atoms with Crippen LogP contribution in [0.2, 0.25) is 0 Å². The molecule has 0 amide bonds. The zero-order valence-corrected chi connectivity index (χ0v) is 9.72. The minimum Gasteiger partial charge on any atom is -0.393 e. The number of hydrogen-bond acceptors (Lipinski definition) is 5. The third-order valence-corrected chi connectivity index (χ3v) is 3.24. The number of aromatic nitrogens is 3. The van der Waals surface area contributed by atoms with Gasteiger partial charge in [0.05, 0.1) is 6.10 Å². The fourth-order valence-electron chi connectivity index (χ4n) is 2.23. The summed E-state index contributed by atoms with van der Waals surface area (Å²) >= 11 is 0. The number of hydrogen-bond donors (Lipinski definition) is 3. The first-order valence-electron chi connectivity index (χ1n) is 5.59. The number of anilines is 1. The van der Waals surface area contributed by atoms with Crippen LogP contribution in [-0.4, -0.2) is 47.0 Å². The average molecular weight is 225 g/mol. The van der Waals surface area contributed by atoms with E-state index < -0.39 is 0 Å². The Balaban J connectivity index is 2.08. The number of aliphatic hydroxyl groups is 1. The Morgan fingerprint density at radius 2 is 2.25 bits per heavy atom. The Hall–Kier alpha value is -1.14. The molecule has 0 aliphatic heterocycles. The van der Waals surface area contributed by atoms with Crippen molar-refractivity contribution in [3.8, 4) is 0 Å². The minimum absolute atomic E-state index is 0.193. The van der Waals surface area contributed by atoms with Crippen molar-refractivity contribution in [1.29, 1.82) is 0 Å². The molecule has 3 atom stereocenters. The molecule has 16 heavy (non-hydrogen) atoms. The van der Waals surface area contributed by atoms with E-state index in [1.54, 1.807) is 0 Å². The molecule has 2 rings (SSSR count). The Morgan fingerprint density at radius 3 is 2.75 bits per heavy atom. The summed E-state index contributed by atoms with van der Waals surface area (Å²) in [5.41, 5.74) is 5.60. The lowest BCUT2D eigenvalue weighted by molar-refractivity contribution is 0.136. The number of nitrogens with two attached hydrogens (primary N) is 1. The molecule has 0 spiro atoms. The summed E-state index contributed by atoms with van der Waals surface area (Å²) < 4.78 is 0. The predicted octanol–water partition coefficient (Wildman–Crippen LogP) is -0.316. The molecule has 0 radical (unpaired) electrons. The molecule has 3 unspecified atom stereocenters. The SMILES string of the molecule is CN(C)c1n[nH]c(C2CC(O)C(CN)C2)n1. The zero-order chi connectivity index (χ0) is 11.7. The van der Waals surface area contributed by atoms with Crippen LogP contribution in [0.3, 0.4) is 0 Å². The molecule has 1 fully saturated rings. The highest BCUT2D eigenvalue weighted by molar-refractivity contribution is 5.26. The van der Waals surface area contributed by atoms with Gasteiger partial charge in [-0.1, -0.05) is 0 Å². The lowest BCUT2D eigenvalue weighted by Gasteiger charge is -2.09. The third-order valence-electron chi connectivity index (χ3n) is 3.24. The monoisotopic (exact) mass is 225 g/mol. The highest BCUT2D eigenvalue weighted by Gasteiger charge is 2.34. The summed E-state index contributed by atoms with van der Waals surface area (Å²) in [7, 11) is 3.80. The summed E-state index contributed by atoms with van der Waals surface area (Å²) in [5.74, 6) is 1.99. The van der Waals surface area contributed by atoms with Crippen molar-refractivity contribution in [2.24, 2.45) is 11.7 Å². The van der Waals surface area contributed by atoms with Crippen LogP contribution in [-0.2, 0) is 0 Å². The normalized spacial score (nSPS) is 29.6. The molecule has 0 aromatic carbocycles. The quantitative estimate of drug-likeness (QED) is 0.656. The van der Waals surface area contributed by atoms with Crippen LogP contribution in [0, 0.1) is 5.92 Å². The van der Waals surface area contributed by atoms with Gasteiger partial charge in [-0.2, -0.15) is 4.98 Å². The van der Waals surface area contributed by atoms with Crippen molar-refractivity contribution >= 4 is 5.95 Å². The van der Waals surface area contributed by atoms with Gasteiger partial charge >= 0.3 is 0 Å². The highest BCUT2D eigenvalue weighted by atomic mass is 16.3. The minimum atomic E-state index is -0.303. The Morgan fingerprint density at radius 1 is 1.50 bits per heavy atom. The van der Waals surface area contributed by atoms with Gasteiger partial charge < -0.3 is 15.7 Å². The molecule has 1 saturated carbocycles. The molecule has 1 heterocycles. The van der Waals surface area contributed by atoms with Crippen molar-refractivity contribution in [3.63, 3.8) is 0 Å². The Labute approximate surface area is 94.9 Å². The van der Waals surface area contributed by atoms with Crippen molar-refractivity contribution in [1.82, 2.24) is 15.2 Å². The predicted molar refractivity (Wildman–Crippen MR) is 61.2 cm³/mol. The Kier molecular flexibility index (Phi) is 3.11. The fraction of sp³-hybridized carbons (Fsp3) is 0.800. The topological polar surface area (TPSA) is 91.1 Å². The van der Waals surface area contributed by atoms with E-state index in [4.69, 9.17) is 5.73 Å². The molecular formula is C10H19N5O. The maximum absolute atomic E-state index is 9.78. The highest BCUT2D eigenvalue weighted by Crippen LogP contribution is 2.36. The lowest BCUT2D eigenvalue weighted by Crippen LogP contribution is -2.21. The van der Waals surface area contributed by atoms with Crippen molar-refractivity contribution in [3.05, 3.63) is 5.82 Å². The maximum Gasteiger partial charge on any atom is 0.244 e. The van der Waals surface area contributed by atoms with E-state index in [1.807, 2.05) is 19.0 Å². The van der Waals surface area contributed by atoms with Gasteiger partial charge in [-0.05, 0) is 25.3 Å². The Bertz CT molecular complexity index is 351. The average Bonchev–Trinajstić information content (AvgIpc) is 2.83. The van der Waals surface area contributed by atoms with Crippen LogP contribution in [0.4, 0.5) is 5.95 Å². The van der Waals surface area contributed by atoms with Crippen LogP contribution < -0.4 is 10.6 Å². The second-order valence-electron chi connectivity index (χ2n) is 4.65. The summed E-state index contributed by atoms with van der Waals surface area (Å²) in [4.78, 5) is 6.26. The standard InChI is InChI=1S/C10H19N5O/c1-15(2)10-12-9(13-14-10)6-3-7(5-11)8(16)4-6/h6-8,16H,3-5,11H2,1-2H3,(H,12,13,14). The first-order valence-corrected chi connectivity index (χ1v) is 5.59. The third kappa shape index (κ3) is 2.03. The molecule has 0 bridgehead atoms. The summed E-state index contributed by atoms with van der Waals surface area (Å²) in [5, 5.41) is 16.8. The van der Waals surface area contributed by atoms with E-state index >= 15 is 0 Å². The van der Waals surface area contributed by atoms with Crippen LogP contribution in [0.5, 0.6) is 0 Å². The molecule has 1 aromatic heterocycles. The number of aromatic amines is 1. The lowest BCUT2D eigenvalue weighted by atomic mass is 10.0. The van der Waals surface area contributed by atoms with Crippen molar-refractivity contribution in [2.75, 3.05) is 25.5 Å². The largest absolute Gasteiger partial charge is 0.393 e. The van der Waals surface area contributed by atoms with Gasteiger partial charge in [0.15, 0.2) is 0 Å². The first-order chi connectivity index (χ1) is 7.61. The summed E-state index contributed by atoms with van der Waals surface area (Å²) in [6.45, 7) is 0.534. The molecule has 1 aromatic rings. The van der Waals surface area contributed by atoms with Crippen LogP contribution >= 0.6 is 0 Å². The molecular weight excluding hydrogens is 206 g/mol. The summed E-state index contributed by atoms with van der Waals surface area (Å²) in [6.07, 6.45) is 1.31. The maximum atomic E-state index is 9.78. The number of nitrogens with zero attached hydrogens (tertiary/aromatic N) is 3. The van der Waals surface area contributed by atoms with E-state index in [-0.39, 0.29) is 17.9 Å². The van der Waals surface area contributed by atoms with E-state index in [1.165, 1.54) is 0 Å². The number of H-pyrrole nitrogens is 1. The van der Waals surface area contributed by atoms with Crippen molar-refractivity contribution < 1.29 is 5.11 Å². The zero-order valence-electron chi connectivity index (χ0n) is 9.72. The fourth-order valence-corrected chi connectivity index (χ4v) is 2.23. The number of aliphatic hydroxyl groups excluding tert-OH is 1. The molecule has 0 saturated heterocycles. The van der Waals surface area contributed by atoms with Crippen LogP contribution in [0.25, 0.3) is 0 Å². The molecule has 1 aliphatic carbocycles. The van der Waals surface area contributed by atoms with Gasteiger partial charge in [-0.15, -0.1) is 5.10 Å². The number of nitrogens with one attached hydrogen (secondary N) is 1. The van der Waals surface area contributed by atoms with E-state index in [2.05, 4.69) is 15.2 Å². The smallest absolute Gasteiger partial charge is 0.244 e. The van der Waals surface area contributed by atoms with Crippen LogP contribution in [0.1, 0.15) is 24.6 Å². The molecule has 6 heteroatoms. The molecule has 4 N–H and O–H groups in total. The molecule has 90 valence electrons. The van der Waals surface area contributed by atoms with E-state index in [0.29, 0.717) is 12.5 Å². The second kappa shape index (κ2) is 4.39. The summed E-state index contributed by atoms with van der Waals surface area (Å²) in [6, 6.07) is 0. The number of rotatable bonds is 3. The first kappa shape index (κ1) is 11.3.